The Labute approximate surface area is 99.6 Å². The van der Waals surface area contributed by atoms with Crippen LogP contribution in [0.1, 0.15) is 42.6 Å². The van der Waals surface area contributed by atoms with Crippen LogP contribution in [0.15, 0.2) is 18.2 Å². The number of halogens is 2. The van der Waals surface area contributed by atoms with Gasteiger partial charge in [-0.15, -0.1) is 0 Å². The van der Waals surface area contributed by atoms with Gasteiger partial charge in [0.05, 0.1) is 12.7 Å². The third kappa shape index (κ3) is 2.81. The zero-order valence-corrected chi connectivity index (χ0v) is 10.4. The number of benzene rings is 1. The average molecular weight is 242 g/mol. The summed E-state index contributed by atoms with van der Waals surface area (Å²) in [6.07, 6.45) is 0. The van der Waals surface area contributed by atoms with E-state index in [4.69, 9.17) is 4.74 Å². The molecule has 94 valence electrons. The molecule has 0 atom stereocenters. The molecule has 0 heterocycles. The van der Waals surface area contributed by atoms with Crippen LogP contribution < -0.4 is 4.74 Å². The number of rotatable bonds is 4. The predicted molar refractivity (Wildman–Crippen MR) is 62.0 cm³/mol. The van der Waals surface area contributed by atoms with E-state index in [2.05, 4.69) is 0 Å². The first-order valence-corrected chi connectivity index (χ1v) is 5.38. The first kappa shape index (κ1) is 13.6. The lowest BCUT2D eigenvalue weighted by Gasteiger charge is -2.17. The van der Waals surface area contributed by atoms with E-state index in [0.717, 1.165) is 5.56 Å². The Morgan fingerprint density at radius 3 is 2.35 bits per heavy atom. The topological polar surface area (TPSA) is 26.3 Å². The van der Waals surface area contributed by atoms with E-state index < -0.39 is 11.7 Å². The minimum Gasteiger partial charge on any atom is -0.496 e. The number of ether oxygens (including phenoxy) is 1. The minimum absolute atomic E-state index is 0.0637. The molecule has 17 heavy (non-hydrogen) atoms. The molecule has 0 spiro atoms. The molecular weight excluding hydrogens is 226 g/mol. The molecule has 1 aromatic carbocycles. The SMILES string of the molecule is COc1c(C(=O)C(C)(F)F)cccc1C(C)C. The number of hydrogen-bond donors (Lipinski definition) is 0. The molecular formula is C13H16F2O2. The molecule has 0 unspecified atom stereocenters. The number of hydrogen-bond acceptors (Lipinski definition) is 2. The summed E-state index contributed by atoms with van der Waals surface area (Å²) >= 11 is 0. The maximum absolute atomic E-state index is 13.0. The Morgan fingerprint density at radius 2 is 1.94 bits per heavy atom. The minimum atomic E-state index is -3.39. The van der Waals surface area contributed by atoms with Crippen LogP contribution in [-0.4, -0.2) is 18.8 Å². The van der Waals surface area contributed by atoms with Crippen LogP contribution in [-0.2, 0) is 0 Å². The average Bonchev–Trinajstić information content (AvgIpc) is 2.25. The van der Waals surface area contributed by atoms with Gasteiger partial charge in [0.1, 0.15) is 5.75 Å². The van der Waals surface area contributed by atoms with E-state index in [9.17, 15) is 13.6 Å². The summed E-state index contributed by atoms with van der Waals surface area (Å²) in [6.45, 7) is 4.42. The molecule has 0 saturated heterocycles. The van der Waals surface area contributed by atoms with Crippen LogP contribution in [0, 0.1) is 0 Å². The van der Waals surface area contributed by atoms with Crippen molar-refractivity contribution in [1.29, 1.82) is 0 Å². The van der Waals surface area contributed by atoms with Gasteiger partial charge in [-0.1, -0.05) is 26.0 Å². The summed E-state index contributed by atoms with van der Waals surface area (Å²) in [5.41, 5.74) is 0.689. The van der Waals surface area contributed by atoms with Crippen LogP contribution in [0.3, 0.4) is 0 Å². The van der Waals surface area contributed by atoms with E-state index in [-0.39, 0.29) is 17.2 Å². The molecule has 2 nitrogen and oxygen atoms in total. The molecule has 0 aliphatic rings. The molecule has 1 aromatic rings. The van der Waals surface area contributed by atoms with Crippen LogP contribution in [0.5, 0.6) is 5.75 Å². The zero-order valence-electron chi connectivity index (χ0n) is 10.4. The Morgan fingerprint density at radius 1 is 1.35 bits per heavy atom. The van der Waals surface area contributed by atoms with Gasteiger partial charge in [-0.2, -0.15) is 8.78 Å². The smallest absolute Gasteiger partial charge is 0.307 e. The highest BCUT2D eigenvalue weighted by molar-refractivity contribution is 6.03. The normalized spacial score (nSPS) is 11.7. The third-order valence-corrected chi connectivity index (χ3v) is 2.51. The number of methoxy groups -OCH3 is 1. The highest BCUT2D eigenvalue weighted by Crippen LogP contribution is 2.33. The van der Waals surface area contributed by atoms with Crippen LogP contribution in [0.25, 0.3) is 0 Å². The summed E-state index contributed by atoms with van der Waals surface area (Å²) in [7, 11) is 1.38. The number of carbonyl (C=O) groups excluding carboxylic acids is 1. The van der Waals surface area contributed by atoms with Gasteiger partial charge in [0.2, 0.25) is 5.78 Å². The fourth-order valence-electron chi connectivity index (χ4n) is 1.65. The summed E-state index contributed by atoms with van der Waals surface area (Å²) in [6, 6.07) is 4.73. The number of carbonyl (C=O) groups is 1. The lowest BCUT2D eigenvalue weighted by Crippen LogP contribution is -2.25. The standard InChI is InChI=1S/C13H16F2O2/c1-8(2)9-6-5-7-10(11(9)17-4)12(16)13(3,14)15/h5-8H,1-4H3. The monoisotopic (exact) mass is 242 g/mol. The molecule has 0 amide bonds. The second-order valence-electron chi connectivity index (χ2n) is 4.30. The molecule has 0 bridgehead atoms. The molecule has 0 aliphatic carbocycles. The third-order valence-electron chi connectivity index (χ3n) is 2.51. The number of para-hydroxylation sites is 1. The van der Waals surface area contributed by atoms with E-state index in [1.807, 2.05) is 13.8 Å². The van der Waals surface area contributed by atoms with Gasteiger partial charge in [-0.3, -0.25) is 4.79 Å². The van der Waals surface area contributed by atoms with Gasteiger partial charge in [0.15, 0.2) is 0 Å². The largest absolute Gasteiger partial charge is 0.496 e. The lowest BCUT2D eigenvalue weighted by molar-refractivity contribution is 0.0218. The molecule has 0 saturated carbocycles. The molecule has 0 aliphatic heterocycles. The van der Waals surface area contributed by atoms with E-state index in [1.165, 1.54) is 13.2 Å². The highest BCUT2D eigenvalue weighted by Gasteiger charge is 2.35. The fourth-order valence-corrected chi connectivity index (χ4v) is 1.65. The second kappa shape index (κ2) is 4.82. The van der Waals surface area contributed by atoms with Crippen LogP contribution in [0.4, 0.5) is 8.78 Å². The Bertz CT molecular complexity index is 420. The van der Waals surface area contributed by atoms with Crippen molar-refractivity contribution in [3.8, 4) is 5.75 Å². The van der Waals surface area contributed by atoms with Crippen molar-refractivity contribution in [3.05, 3.63) is 29.3 Å². The summed E-state index contributed by atoms with van der Waals surface area (Å²) in [4.78, 5) is 11.6. The number of alkyl halides is 2. The summed E-state index contributed by atoms with van der Waals surface area (Å²) < 4.78 is 31.2. The maximum Gasteiger partial charge on any atom is 0.307 e. The molecule has 0 aromatic heterocycles. The molecule has 4 heteroatoms. The van der Waals surface area contributed by atoms with Gasteiger partial charge in [0, 0.05) is 6.92 Å². The van der Waals surface area contributed by atoms with Crippen molar-refractivity contribution >= 4 is 5.78 Å². The Kier molecular flexibility index (Phi) is 3.86. The van der Waals surface area contributed by atoms with Crippen LogP contribution in [0.2, 0.25) is 0 Å². The zero-order chi connectivity index (χ0) is 13.2. The number of Topliss-reactive ketones (excluding diaryl/α,β-unsaturated/α-hetero) is 1. The van der Waals surface area contributed by atoms with Crippen molar-refractivity contribution in [1.82, 2.24) is 0 Å². The van der Waals surface area contributed by atoms with Gasteiger partial charge >= 0.3 is 5.92 Å². The first-order valence-electron chi connectivity index (χ1n) is 5.38. The highest BCUT2D eigenvalue weighted by atomic mass is 19.3. The fraction of sp³-hybridized carbons (Fsp3) is 0.462. The predicted octanol–water partition coefficient (Wildman–Crippen LogP) is 3.66. The van der Waals surface area contributed by atoms with Gasteiger partial charge in [0.25, 0.3) is 0 Å². The summed E-state index contributed by atoms with van der Waals surface area (Å²) in [5, 5.41) is 0. The Balaban J connectivity index is 3.35. The Hall–Kier alpha value is -1.45. The van der Waals surface area contributed by atoms with E-state index in [1.54, 1.807) is 12.1 Å². The first-order chi connectivity index (χ1) is 7.79. The molecule has 0 radical (unpaired) electrons. The summed E-state index contributed by atoms with van der Waals surface area (Å²) in [5.74, 6) is -4.25. The van der Waals surface area contributed by atoms with Gasteiger partial charge < -0.3 is 4.74 Å². The van der Waals surface area contributed by atoms with Gasteiger partial charge in [-0.05, 0) is 17.5 Å². The van der Waals surface area contributed by atoms with Crippen molar-refractivity contribution in [2.45, 2.75) is 32.6 Å². The van der Waals surface area contributed by atoms with Crippen molar-refractivity contribution in [2.75, 3.05) is 7.11 Å². The van der Waals surface area contributed by atoms with Gasteiger partial charge in [-0.25, -0.2) is 0 Å². The van der Waals surface area contributed by atoms with Crippen molar-refractivity contribution in [2.24, 2.45) is 0 Å². The van der Waals surface area contributed by atoms with Crippen molar-refractivity contribution in [3.63, 3.8) is 0 Å². The quantitative estimate of drug-likeness (QED) is 0.753. The van der Waals surface area contributed by atoms with Crippen LogP contribution >= 0.6 is 0 Å². The van der Waals surface area contributed by atoms with Crippen molar-refractivity contribution < 1.29 is 18.3 Å². The number of ketones is 1. The molecule has 1 rings (SSSR count). The molecule has 0 fully saturated rings. The van der Waals surface area contributed by atoms with E-state index >= 15 is 0 Å². The molecule has 0 N–H and O–H groups in total. The maximum atomic E-state index is 13.0. The second-order valence-corrected chi connectivity index (χ2v) is 4.30. The van der Waals surface area contributed by atoms with E-state index in [0.29, 0.717) is 6.92 Å². The lowest BCUT2D eigenvalue weighted by atomic mass is 9.96.